The fourth-order valence-electron chi connectivity index (χ4n) is 1.08. The van der Waals surface area contributed by atoms with Crippen molar-refractivity contribution in [2.24, 2.45) is 11.7 Å². The molecule has 2 N–H and O–H groups in total. The van der Waals surface area contributed by atoms with Gasteiger partial charge < -0.3 is 15.4 Å². The van der Waals surface area contributed by atoms with Crippen LogP contribution in [-0.4, -0.2) is 45.8 Å². The van der Waals surface area contributed by atoms with Crippen LogP contribution in [-0.2, 0) is 4.74 Å². The molecule has 0 aromatic carbocycles. The highest BCUT2D eigenvalue weighted by Crippen LogP contribution is 2.01. The minimum Gasteiger partial charge on any atom is -0.385 e. The Kier molecular flexibility index (Phi) is 6.51. The number of rotatable bonds is 6. The molecule has 0 bridgehead atoms. The van der Waals surface area contributed by atoms with Crippen LogP contribution in [0.15, 0.2) is 0 Å². The molecule has 0 heterocycles. The molecule has 11 heavy (non-hydrogen) atoms. The molecule has 0 aliphatic heterocycles. The Morgan fingerprint density at radius 3 is 2.45 bits per heavy atom. The molecule has 3 nitrogen and oxygen atoms in total. The van der Waals surface area contributed by atoms with Gasteiger partial charge in [0.05, 0.1) is 0 Å². The van der Waals surface area contributed by atoms with E-state index < -0.39 is 0 Å². The maximum absolute atomic E-state index is 5.58. The van der Waals surface area contributed by atoms with E-state index in [0.29, 0.717) is 5.92 Å². The van der Waals surface area contributed by atoms with Crippen molar-refractivity contribution >= 4 is 0 Å². The third-order valence-electron chi connectivity index (χ3n) is 1.69. The molecule has 0 radical (unpaired) electrons. The molecule has 0 saturated carbocycles. The second kappa shape index (κ2) is 6.58. The lowest BCUT2D eigenvalue weighted by Crippen LogP contribution is -2.28. The number of ether oxygens (including phenoxy) is 1. The average Bonchev–Trinajstić information content (AvgIpc) is 1.97. The second-order valence-electron chi connectivity index (χ2n) is 3.15. The molecule has 0 aliphatic carbocycles. The van der Waals surface area contributed by atoms with Crippen molar-refractivity contribution in [1.82, 2.24) is 4.90 Å². The Hall–Kier alpha value is -0.120. The third-order valence-corrected chi connectivity index (χ3v) is 1.69. The fraction of sp³-hybridized carbons (Fsp3) is 1.00. The molecular formula is C8H20N2O. The summed E-state index contributed by atoms with van der Waals surface area (Å²) in [7, 11) is 5.86. The number of nitrogens with zero attached hydrogens (tertiary/aromatic N) is 1. The first-order valence-corrected chi connectivity index (χ1v) is 4.04. The summed E-state index contributed by atoms with van der Waals surface area (Å²) in [6, 6.07) is 0. The van der Waals surface area contributed by atoms with Gasteiger partial charge in [-0.15, -0.1) is 0 Å². The highest BCUT2D eigenvalue weighted by Gasteiger charge is 2.06. The lowest BCUT2D eigenvalue weighted by Gasteiger charge is -2.18. The summed E-state index contributed by atoms with van der Waals surface area (Å²) in [4.78, 5) is 2.16. The topological polar surface area (TPSA) is 38.5 Å². The van der Waals surface area contributed by atoms with Crippen LogP contribution in [0.5, 0.6) is 0 Å². The quantitative estimate of drug-likeness (QED) is 0.601. The molecule has 1 atom stereocenters. The van der Waals surface area contributed by atoms with Crippen LogP contribution < -0.4 is 5.73 Å². The van der Waals surface area contributed by atoms with Crippen LogP contribution in [0, 0.1) is 5.92 Å². The summed E-state index contributed by atoms with van der Waals surface area (Å²) in [5, 5.41) is 0. The summed E-state index contributed by atoms with van der Waals surface area (Å²) in [5.74, 6) is 0.574. The van der Waals surface area contributed by atoms with Crippen LogP contribution in [0.1, 0.15) is 6.42 Å². The zero-order valence-corrected chi connectivity index (χ0v) is 7.84. The first kappa shape index (κ1) is 10.9. The summed E-state index contributed by atoms with van der Waals surface area (Å²) >= 11 is 0. The molecule has 3 heteroatoms. The molecule has 0 aliphatic rings. The van der Waals surface area contributed by atoms with Gasteiger partial charge in [-0.3, -0.25) is 0 Å². The van der Waals surface area contributed by atoms with E-state index in [1.807, 2.05) is 0 Å². The molecular weight excluding hydrogens is 140 g/mol. The van der Waals surface area contributed by atoms with E-state index in [1.165, 1.54) is 0 Å². The molecule has 0 fully saturated rings. The summed E-state index contributed by atoms with van der Waals surface area (Å²) in [6.45, 7) is 2.62. The molecule has 0 amide bonds. The van der Waals surface area contributed by atoms with Crippen LogP contribution in [0.25, 0.3) is 0 Å². The second-order valence-corrected chi connectivity index (χ2v) is 3.15. The van der Waals surface area contributed by atoms with Crippen molar-refractivity contribution in [3.05, 3.63) is 0 Å². The number of hydrogen-bond acceptors (Lipinski definition) is 3. The zero-order valence-electron chi connectivity index (χ0n) is 7.84. The predicted octanol–water partition coefficient (Wildman–Crippen LogP) is 0.159. The molecule has 0 spiro atoms. The standard InChI is InChI=1S/C8H20N2O/c1-10(2)7-8(6-9)4-5-11-3/h8H,4-7,9H2,1-3H3. The van der Waals surface area contributed by atoms with E-state index in [2.05, 4.69) is 19.0 Å². The van der Waals surface area contributed by atoms with E-state index in [-0.39, 0.29) is 0 Å². The van der Waals surface area contributed by atoms with Gasteiger partial charge in [0.25, 0.3) is 0 Å². The highest BCUT2D eigenvalue weighted by atomic mass is 16.5. The SMILES string of the molecule is COCCC(CN)CN(C)C. The van der Waals surface area contributed by atoms with Crippen molar-refractivity contribution in [3.63, 3.8) is 0 Å². The van der Waals surface area contributed by atoms with Crippen molar-refractivity contribution in [2.75, 3.05) is 40.9 Å². The highest BCUT2D eigenvalue weighted by molar-refractivity contribution is 4.62. The van der Waals surface area contributed by atoms with Gasteiger partial charge in [0.15, 0.2) is 0 Å². The smallest absolute Gasteiger partial charge is 0.0465 e. The maximum atomic E-state index is 5.58. The lowest BCUT2D eigenvalue weighted by molar-refractivity contribution is 0.169. The van der Waals surface area contributed by atoms with Gasteiger partial charge in [-0.2, -0.15) is 0 Å². The Morgan fingerprint density at radius 2 is 2.09 bits per heavy atom. The Morgan fingerprint density at radius 1 is 1.45 bits per heavy atom. The predicted molar refractivity (Wildman–Crippen MR) is 47.6 cm³/mol. The molecule has 0 rings (SSSR count). The minimum atomic E-state index is 0.574. The van der Waals surface area contributed by atoms with E-state index in [1.54, 1.807) is 7.11 Å². The van der Waals surface area contributed by atoms with Gasteiger partial charge in [0.1, 0.15) is 0 Å². The Balaban J connectivity index is 3.41. The van der Waals surface area contributed by atoms with Gasteiger partial charge in [0.2, 0.25) is 0 Å². The molecule has 68 valence electrons. The van der Waals surface area contributed by atoms with Crippen molar-refractivity contribution in [2.45, 2.75) is 6.42 Å². The van der Waals surface area contributed by atoms with Crippen molar-refractivity contribution < 1.29 is 4.74 Å². The first-order valence-electron chi connectivity index (χ1n) is 4.04. The van der Waals surface area contributed by atoms with Gasteiger partial charge in [-0.05, 0) is 33.0 Å². The number of hydrogen-bond donors (Lipinski definition) is 1. The van der Waals surface area contributed by atoms with Crippen LogP contribution in [0.3, 0.4) is 0 Å². The minimum absolute atomic E-state index is 0.574. The monoisotopic (exact) mass is 160 g/mol. The Labute approximate surface area is 69.5 Å². The van der Waals surface area contributed by atoms with Crippen LogP contribution in [0.4, 0.5) is 0 Å². The average molecular weight is 160 g/mol. The number of methoxy groups -OCH3 is 1. The zero-order chi connectivity index (χ0) is 8.69. The van der Waals surface area contributed by atoms with Gasteiger partial charge in [-0.25, -0.2) is 0 Å². The fourth-order valence-corrected chi connectivity index (χ4v) is 1.08. The summed E-state index contributed by atoms with van der Waals surface area (Å²) in [5.41, 5.74) is 5.58. The van der Waals surface area contributed by atoms with Gasteiger partial charge in [-0.1, -0.05) is 0 Å². The third kappa shape index (κ3) is 6.28. The van der Waals surface area contributed by atoms with Crippen LogP contribution in [0.2, 0.25) is 0 Å². The molecule has 1 unspecified atom stereocenters. The molecule has 0 aromatic rings. The van der Waals surface area contributed by atoms with Crippen molar-refractivity contribution in [1.29, 1.82) is 0 Å². The largest absolute Gasteiger partial charge is 0.385 e. The normalized spacial score (nSPS) is 13.9. The Bertz CT molecular complexity index is 86.2. The van der Waals surface area contributed by atoms with E-state index in [0.717, 1.165) is 26.1 Å². The van der Waals surface area contributed by atoms with E-state index in [9.17, 15) is 0 Å². The van der Waals surface area contributed by atoms with E-state index in [4.69, 9.17) is 10.5 Å². The summed E-state index contributed by atoms with van der Waals surface area (Å²) < 4.78 is 4.98. The molecule has 0 saturated heterocycles. The summed E-state index contributed by atoms with van der Waals surface area (Å²) in [6.07, 6.45) is 1.06. The molecule has 0 aromatic heterocycles. The van der Waals surface area contributed by atoms with Gasteiger partial charge >= 0.3 is 0 Å². The van der Waals surface area contributed by atoms with Crippen LogP contribution >= 0.6 is 0 Å². The lowest BCUT2D eigenvalue weighted by atomic mass is 10.1. The van der Waals surface area contributed by atoms with Gasteiger partial charge in [0, 0.05) is 20.3 Å². The van der Waals surface area contributed by atoms with Crippen molar-refractivity contribution in [3.8, 4) is 0 Å². The maximum Gasteiger partial charge on any atom is 0.0465 e. The van der Waals surface area contributed by atoms with E-state index >= 15 is 0 Å². The number of nitrogens with two attached hydrogens (primary N) is 1. The first-order chi connectivity index (χ1) is 5.20.